The zero-order valence-electron chi connectivity index (χ0n) is 19.1. The van der Waals surface area contributed by atoms with Gasteiger partial charge in [-0.1, -0.05) is 0 Å². The predicted octanol–water partition coefficient (Wildman–Crippen LogP) is 2.96. The summed E-state index contributed by atoms with van der Waals surface area (Å²) in [6.45, 7) is 2.22. The summed E-state index contributed by atoms with van der Waals surface area (Å²) in [5.74, 6) is -1.56. The number of ketones is 1. The number of thiazole rings is 2. The standard InChI is InChI=1S/C22H24BrN5O5S2/c1-12-3-4-13(28(12)23)7-18(31)27-22(5-6-22)16(29)8-17(30)24-9-19-25-14(10-34-19)20-26-15(11-35-20)21(32)33-2/h7,10-12H,3-6,8-9H2,1-2H3,(H,24,30)(H,27,31)/b13-7-/t12-/m0/s1. The number of rotatable bonds is 9. The van der Waals surface area contributed by atoms with E-state index < -0.39 is 17.4 Å². The molecular formula is C22H24BrN5O5S2. The minimum atomic E-state index is -0.955. The highest BCUT2D eigenvalue weighted by Gasteiger charge is 2.50. The lowest BCUT2D eigenvalue weighted by atomic mass is 10.1. The van der Waals surface area contributed by atoms with E-state index >= 15 is 0 Å². The summed E-state index contributed by atoms with van der Waals surface area (Å²) < 4.78 is 6.54. The smallest absolute Gasteiger partial charge is 0.357 e. The van der Waals surface area contributed by atoms with Gasteiger partial charge in [-0.3, -0.25) is 14.4 Å². The van der Waals surface area contributed by atoms with Gasteiger partial charge < -0.3 is 19.3 Å². The Hall–Kier alpha value is -2.64. The Balaban J connectivity index is 1.26. The van der Waals surface area contributed by atoms with Crippen molar-refractivity contribution in [3.8, 4) is 10.7 Å². The van der Waals surface area contributed by atoms with Gasteiger partial charge in [-0.05, 0) is 32.6 Å². The molecule has 0 radical (unpaired) electrons. The molecule has 2 aliphatic rings. The van der Waals surface area contributed by atoms with Crippen LogP contribution < -0.4 is 10.6 Å². The molecule has 1 saturated carbocycles. The molecule has 2 N–H and O–H groups in total. The number of aromatic nitrogens is 2. The molecule has 0 spiro atoms. The third-order valence-corrected chi connectivity index (χ3v) is 8.72. The number of halogens is 1. The summed E-state index contributed by atoms with van der Waals surface area (Å²) in [6, 6.07) is 0.307. The first-order chi connectivity index (χ1) is 16.7. The van der Waals surface area contributed by atoms with Crippen molar-refractivity contribution in [2.24, 2.45) is 0 Å². The van der Waals surface area contributed by atoms with Crippen LogP contribution in [0.3, 0.4) is 0 Å². The minimum Gasteiger partial charge on any atom is -0.464 e. The summed E-state index contributed by atoms with van der Waals surface area (Å²) in [5, 5.41) is 10.1. The van der Waals surface area contributed by atoms with Crippen LogP contribution >= 0.6 is 38.8 Å². The number of ether oxygens (including phenoxy) is 1. The van der Waals surface area contributed by atoms with Crippen molar-refractivity contribution < 1.29 is 23.9 Å². The number of amides is 2. The van der Waals surface area contributed by atoms with Crippen LogP contribution in [-0.4, -0.2) is 56.2 Å². The van der Waals surface area contributed by atoms with Crippen LogP contribution in [0.5, 0.6) is 0 Å². The number of hydrogen-bond acceptors (Lipinski definition) is 10. The monoisotopic (exact) mass is 581 g/mol. The number of nitrogens with zero attached hydrogens (tertiary/aromatic N) is 3. The van der Waals surface area contributed by atoms with Crippen molar-refractivity contribution in [3.63, 3.8) is 0 Å². The van der Waals surface area contributed by atoms with Gasteiger partial charge in [0.2, 0.25) is 11.8 Å². The van der Waals surface area contributed by atoms with Crippen molar-refractivity contribution in [2.75, 3.05) is 7.11 Å². The van der Waals surface area contributed by atoms with E-state index in [-0.39, 0.29) is 30.3 Å². The maximum absolute atomic E-state index is 12.7. The third-order valence-electron chi connectivity index (χ3n) is 5.85. The quantitative estimate of drug-likeness (QED) is 0.200. The number of esters is 1. The lowest BCUT2D eigenvalue weighted by Crippen LogP contribution is -2.44. The first-order valence-electron chi connectivity index (χ1n) is 11.0. The topological polar surface area (TPSA) is 131 Å². The lowest BCUT2D eigenvalue weighted by molar-refractivity contribution is -0.132. The minimum absolute atomic E-state index is 0.163. The first-order valence-corrected chi connectivity index (χ1v) is 13.4. The molecule has 186 valence electrons. The van der Waals surface area contributed by atoms with Gasteiger partial charge in [-0.2, -0.15) is 0 Å². The summed E-state index contributed by atoms with van der Waals surface area (Å²) in [7, 11) is 1.29. The summed E-state index contributed by atoms with van der Waals surface area (Å²) in [4.78, 5) is 57.8. The number of allylic oxidation sites excluding steroid dienone is 1. The fraction of sp³-hybridized carbons (Fsp3) is 0.455. The molecule has 10 nitrogen and oxygen atoms in total. The Morgan fingerprint density at radius 2 is 2.03 bits per heavy atom. The normalized spacial score (nSPS) is 19.5. The van der Waals surface area contributed by atoms with Crippen molar-refractivity contribution in [1.82, 2.24) is 24.5 Å². The van der Waals surface area contributed by atoms with Crippen molar-refractivity contribution in [3.05, 3.63) is 33.2 Å². The van der Waals surface area contributed by atoms with Gasteiger partial charge >= 0.3 is 5.97 Å². The van der Waals surface area contributed by atoms with E-state index in [1.807, 2.05) is 3.93 Å². The molecule has 2 amide bonds. The van der Waals surface area contributed by atoms with Gasteiger partial charge in [0.05, 0.1) is 25.6 Å². The molecule has 13 heteroatoms. The maximum Gasteiger partial charge on any atom is 0.357 e. The summed E-state index contributed by atoms with van der Waals surface area (Å²) in [5.41, 5.74) is 0.734. The van der Waals surface area contributed by atoms with Crippen LogP contribution in [0.2, 0.25) is 0 Å². The van der Waals surface area contributed by atoms with E-state index in [9.17, 15) is 19.2 Å². The van der Waals surface area contributed by atoms with Crippen LogP contribution in [0.25, 0.3) is 10.7 Å². The Labute approximate surface area is 218 Å². The van der Waals surface area contributed by atoms with Crippen molar-refractivity contribution in [2.45, 2.75) is 57.2 Å². The number of carbonyl (C=O) groups is 4. The van der Waals surface area contributed by atoms with E-state index in [0.29, 0.717) is 34.6 Å². The van der Waals surface area contributed by atoms with Crippen molar-refractivity contribution >= 4 is 62.4 Å². The SMILES string of the molecule is COC(=O)c1csc(-c2csc(CNC(=O)CC(=O)C3(NC(=O)/C=C4/CC[C@H](C)N4Br)CC3)n2)n1. The molecule has 4 rings (SSSR count). The van der Waals surface area contributed by atoms with E-state index in [4.69, 9.17) is 0 Å². The molecular weight excluding hydrogens is 558 g/mol. The largest absolute Gasteiger partial charge is 0.464 e. The van der Waals surface area contributed by atoms with Crippen molar-refractivity contribution in [1.29, 1.82) is 0 Å². The molecule has 0 unspecified atom stereocenters. The van der Waals surface area contributed by atoms with Gasteiger partial charge in [0.25, 0.3) is 0 Å². The van der Waals surface area contributed by atoms with Gasteiger partial charge in [-0.15, -0.1) is 22.7 Å². The van der Waals surface area contributed by atoms with Crippen LogP contribution in [-0.2, 0) is 25.7 Å². The van der Waals surface area contributed by atoms with E-state index in [2.05, 4.69) is 48.4 Å². The van der Waals surface area contributed by atoms with E-state index in [1.165, 1.54) is 35.9 Å². The molecule has 2 aromatic heterocycles. The van der Waals surface area contributed by atoms with Crippen LogP contribution in [0, 0.1) is 0 Å². The number of methoxy groups -OCH3 is 1. The molecule has 1 aliphatic heterocycles. The van der Waals surface area contributed by atoms with Gasteiger partial charge in [0, 0.05) is 44.7 Å². The summed E-state index contributed by atoms with van der Waals surface area (Å²) >= 11 is 6.07. The molecule has 0 aromatic carbocycles. The number of nitrogens with one attached hydrogen (secondary N) is 2. The molecule has 1 aliphatic carbocycles. The van der Waals surface area contributed by atoms with Crippen LogP contribution in [0.15, 0.2) is 22.5 Å². The Morgan fingerprint density at radius 1 is 1.26 bits per heavy atom. The molecule has 0 bridgehead atoms. The number of Topliss-reactive ketones (excluding diaryl/α,β-unsaturated/α-hetero) is 1. The highest BCUT2D eigenvalue weighted by atomic mass is 79.9. The lowest BCUT2D eigenvalue weighted by Gasteiger charge is -2.17. The highest BCUT2D eigenvalue weighted by molar-refractivity contribution is 9.07. The molecule has 35 heavy (non-hydrogen) atoms. The average Bonchev–Trinajstić information content (AvgIpc) is 3.17. The highest BCUT2D eigenvalue weighted by Crippen LogP contribution is 2.38. The molecule has 3 heterocycles. The average molecular weight is 583 g/mol. The molecule has 2 aromatic rings. The molecule has 1 saturated heterocycles. The van der Waals surface area contributed by atoms with Gasteiger partial charge in [0.1, 0.15) is 15.7 Å². The van der Waals surface area contributed by atoms with Gasteiger partial charge in [-0.25, -0.2) is 14.8 Å². The third kappa shape index (κ3) is 5.96. The second-order valence-electron chi connectivity index (χ2n) is 8.44. The fourth-order valence-corrected chi connectivity index (χ4v) is 5.67. The maximum atomic E-state index is 12.7. The van der Waals surface area contributed by atoms with Crippen LogP contribution in [0.1, 0.15) is 54.5 Å². The zero-order valence-corrected chi connectivity index (χ0v) is 22.3. The zero-order chi connectivity index (χ0) is 25.2. The second kappa shape index (κ2) is 10.5. The van der Waals surface area contributed by atoms with E-state index in [0.717, 1.165) is 18.5 Å². The number of hydrogen-bond donors (Lipinski definition) is 2. The number of carbonyl (C=O) groups excluding carboxylic acids is 4. The van der Waals surface area contributed by atoms with E-state index in [1.54, 1.807) is 10.8 Å². The first kappa shape index (κ1) is 25.5. The van der Waals surface area contributed by atoms with Crippen LogP contribution in [0.4, 0.5) is 0 Å². The summed E-state index contributed by atoms with van der Waals surface area (Å²) in [6.07, 6.45) is 4.00. The second-order valence-corrected chi connectivity index (χ2v) is 11.0. The molecule has 1 atom stereocenters. The predicted molar refractivity (Wildman–Crippen MR) is 134 cm³/mol. The fourth-order valence-electron chi connectivity index (χ4n) is 3.65. The Bertz CT molecular complexity index is 1190. The Morgan fingerprint density at radius 3 is 2.69 bits per heavy atom. The molecule has 2 fully saturated rings. The van der Waals surface area contributed by atoms with Gasteiger partial charge in [0.15, 0.2) is 11.5 Å². The Kier molecular flexibility index (Phi) is 7.67.